The molecule has 0 saturated carbocycles. The number of amides is 1. The molecule has 0 fully saturated rings. The number of para-hydroxylation sites is 1. The number of carbonyl (C=O) groups is 1. The van der Waals surface area contributed by atoms with E-state index >= 15 is 0 Å². The van der Waals surface area contributed by atoms with Crippen LogP contribution in [0.15, 0.2) is 42.5 Å². The average Bonchev–Trinajstić information content (AvgIpc) is 2.43. The summed E-state index contributed by atoms with van der Waals surface area (Å²) in [6.45, 7) is 2.34. The molecule has 1 amide bonds. The van der Waals surface area contributed by atoms with Gasteiger partial charge in [-0.1, -0.05) is 12.1 Å². The van der Waals surface area contributed by atoms with Crippen LogP contribution in [0.25, 0.3) is 0 Å². The molecule has 0 radical (unpaired) electrons. The second kappa shape index (κ2) is 6.69. The molecular weight excluding hydrogens is 372 g/mol. The maximum atomic E-state index is 13.0. The number of nitrogens with one attached hydrogen (secondary N) is 1. The first kappa shape index (κ1) is 14.8. The Hall–Kier alpha value is -1.63. The Morgan fingerprint density at radius 1 is 1.30 bits per heavy atom. The van der Waals surface area contributed by atoms with E-state index in [1.165, 1.54) is 18.2 Å². The van der Waals surface area contributed by atoms with Crippen molar-refractivity contribution in [2.45, 2.75) is 6.92 Å². The number of ether oxygens (including phenoxy) is 1. The van der Waals surface area contributed by atoms with Gasteiger partial charge in [-0.3, -0.25) is 4.79 Å². The Labute approximate surface area is 130 Å². The molecule has 2 rings (SSSR count). The van der Waals surface area contributed by atoms with Crippen LogP contribution in [-0.2, 0) is 0 Å². The molecule has 3 nitrogen and oxygen atoms in total. The van der Waals surface area contributed by atoms with E-state index in [9.17, 15) is 9.18 Å². The lowest BCUT2D eigenvalue weighted by Crippen LogP contribution is -2.14. The highest BCUT2D eigenvalue weighted by Gasteiger charge is 2.13. The standard InChI is InChI=1S/C15H13FINO2/c1-2-20-14-6-4-3-5-11(14)15(19)18-13-8-7-10(16)9-12(13)17/h3-9H,2H2,1H3,(H,18,19). The summed E-state index contributed by atoms with van der Waals surface area (Å²) in [7, 11) is 0. The first-order valence-corrected chi connectivity index (χ1v) is 7.18. The predicted octanol–water partition coefficient (Wildman–Crippen LogP) is 4.08. The van der Waals surface area contributed by atoms with Gasteiger partial charge in [-0.15, -0.1) is 0 Å². The van der Waals surface area contributed by atoms with Gasteiger partial charge in [0.15, 0.2) is 0 Å². The van der Waals surface area contributed by atoms with Gasteiger partial charge in [-0.05, 0) is 59.8 Å². The van der Waals surface area contributed by atoms with Crippen LogP contribution >= 0.6 is 22.6 Å². The van der Waals surface area contributed by atoms with Crippen molar-refractivity contribution in [1.29, 1.82) is 0 Å². The Kier molecular flexibility index (Phi) is 4.94. The summed E-state index contributed by atoms with van der Waals surface area (Å²) >= 11 is 1.98. The molecule has 0 aromatic heterocycles. The third kappa shape index (κ3) is 3.47. The van der Waals surface area contributed by atoms with Crippen LogP contribution in [0.5, 0.6) is 5.75 Å². The number of hydrogen-bond acceptors (Lipinski definition) is 2. The van der Waals surface area contributed by atoms with Gasteiger partial charge in [0, 0.05) is 3.57 Å². The number of carbonyl (C=O) groups excluding carboxylic acids is 1. The molecule has 0 aliphatic heterocycles. The molecule has 1 N–H and O–H groups in total. The van der Waals surface area contributed by atoms with E-state index in [1.807, 2.05) is 35.6 Å². The Balaban J connectivity index is 2.24. The molecule has 0 atom stereocenters. The minimum atomic E-state index is -0.331. The molecule has 0 unspecified atom stereocenters. The zero-order valence-corrected chi connectivity index (χ0v) is 13.0. The van der Waals surface area contributed by atoms with Gasteiger partial charge in [-0.2, -0.15) is 0 Å². The van der Waals surface area contributed by atoms with Crippen LogP contribution in [0.2, 0.25) is 0 Å². The lowest BCUT2D eigenvalue weighted by molar-refractivity contribution is 0.102. The predicted molar refractivity (Wildman–Crippen MR) is 84.7 cm³/mol. The third-order valence-electron chi connectivity index (χ3n) is 2.61. The summed E-state index contributed by atoms with van der Waals surface area (Å²) in [6.07, 6.45) is 0. The summed E-state index contributed by atoms with van der Waals surface area (Å²) in [5.74, 6) is -0.0784. The zero-order chi connectivity index (χ0) is 14.5. The lowest BCUT2D eigenvalue weighted by atomic mass is 10.2. The minimum Gasteiger partial charge on any atom is -0.493 e. The van der Waals surface area contributed by atoms with E-state index in [-0.39, 0.29) is 11.7 Å². The van der Waals surface area contributed by atoms with Crippen molar-refractivity contribution in [1.82, 2.24) is 0 Å². The molecule has 5 heteroatoms. The van der Waals surface area contributed by atoms with Gasteiger partial charge in [-0.25, -0.2) is 4.39 Å². The van der Waals surface area contributed by atoms with Gasteiger partial charge >= 0.3 is 0 Å². The molecule has 0 heterocycles. The summed E-state index contributed by atoms with van der Waals surface area (Å²) in [5, 5.41) is 2.76. The van der Waals surface area contributed by atoms with E-state index in [1.54, 1.807) is 18.2 Å². The summed E-state index contributed by atoms with van der Waals surface area (Å²) in [5.41, 5.74) is 1.03. The van der Waals surface area contributed by atoms with Gasteiger partial charge in [0.2, 0.25) is 0 Å². The molecule has 0 bridgehead atoms. The minimum absolute atomic E-state index is 0.279. The number of anilines is 1. The number of rotatable bonds is 4. The fourth-order valence-electron chi connectivity index (χ4n) is 1.72. The quantitative estimate of drug-likeness (QED) is 0.806. The van der Waals surface area contributed by atoms with Crippen molar-refractivity contribution in [3.05, 3.63) is 57.4 Å². The van der Waals surface area contributed by atoms with E-state index in [4.69, 9.17) is 4.74 Å². The van der Waals surface area contributed by atoms with Crippen LogP contribution in [0.1, 0.15) is 17.3 Å². The molecule has 104 valence electrons. The molecule has 20 heavy (non-hydrogen) atoms. The van der Waals surface area contributed by atoms with E-state index in [0.717, 1.165) is 0 Å². The molecule has 2 aromatic rings. The average molecular weight is 385 g/mol. The third-order valence-corrected chi connectivity index (χ3v) is 3.50. The van der Waals surface area contributed by atoms with E-state index in [2.05, 4.69) is 5.32 Å². The van der Waals surface area contributed by atoms with E-state index < -0.39 is 0 Å². The number of halogens is 2. The van der Waals surface area contributed by atoms with Crippen LogP contribution < -0.4 is 10.1 Å². The van der Waals surface area contributed by atoms with Crippen molar-refractivity contribution in [3.8, 4) is 5.75 Å². The highest BCUT2D eigenvalue weighted by Crippen LogP contribution is 2.23. The molecule has 0 saturated heterocycles. The Morgan fingerprint density at radius 3 is 2.75 bits per heavy atom. The van der Waals surface area contributed by atoms with Crippen molar-refractivity contribution in [3.63, 3.8) is 0 Å². The second-order valence-corrected chi connectivity index (χ2v) is 5.17. The number of benzene rings is 2. The van der Waals surface area contributed by atoms with Crippen LogP contribution in [0.4, 0.5) is 10.1 Å². The fraction of sp³-hybridized carbons (Fsp3) is 0.133. The van der Waals surface area contributed by atoms with Crippen molar-refractivity contribution in [2.24, 2.45) is 0 Å². The van der Waals surface area contributed by atoms with Crippen LogP contribution in [-0.4, -0.2) is 12.5 Å². The molecule has 0 spiro atoms. The lowest BCUT2D eigenvalue weighted by Gasteiger charge is -2.11. The first-order chi connectivity index (χ1) is 9.61. The van der Waals surface area contributed by atoms with Crippen LogP contribution in [0.3, 0.4) is 0 Å². The molecule has 0 aliphatic rings. The number of hydrogen-bond donors (Lipinski definition) is 1. The largest absolute Gasteiger partial charge is 0.493 e. The highest BCUT2D eigenvalue weighted by molar-refractivity contribution is 14.1. The highest BCUT2D eigenvalue weighted by atomic mass is 127. The van der Waals surface area contributed by atoms with Gasteiger partial charge in [0.25, 0.3) is 5.91 Å². The Bertz CT molecular complexity index is 631. The van der Waals surface area contributed by atoms with Crippen LogP contribution in [0, 0.1) is 9.39 Å². The van der Waals surface area contributed by atoms with Gasteiger partial charge in [0.1, 0.15) is 11.6 Å². The molecule has 0 aliphatic carbocycles. The fourth-order valence-corrected chi connectivity index (χ4v) is 2.33. The van der Waals surface area contributed by atoms with Gasteiger partial charge in [0.05, 0.1) is 17.9 Å². The maximum absolute atomic E-state index is 13.0. The van der Waals surface area contributed by atoms with Crippen molar-refractivity contribution in [2.75, 3.05) is 11.9 Å². The normalized spacial score (nSPS) is 10.2. The summed E-state index contributed by atoms with van der Waals surface area (Å²) < 4.78 is 19.1. The van der Waals surface area contributed by atoms with Crippen molar-refractivity contribution >= 4 is 34.2 Å². The summed E-state index contributed by atoms with van der Waals surface area (Å²) in [6, 6.07) is 11.2. The van der Waals surface area contributed by atoms with E-state index in [0.29, 0.717) is 27.2 Å². The second-order valence-electron chi connectivity index (χ2n) is 4.01. The smallest absolute Gasteiger partial charge is 0.259 e. The SMILES string of the molecule is CCOc1ccccc1C(=O)Nc1ccc(F)cc1I. The first-order valence-electron chi connectivity index (χ1n) is 6.10. The summed E-state index contributed by atoms with van der Waals surface area (Å²) in [4.78, 5) is 12.3. The monoisotopic (exact) mass is 385 g/mol. The topological polar surface area (TPSA) is 38.3 Å². The zero-order valence-electron chi connectivity index (χ0n) is 10.8. The molecule has 2 aromatic carbocycles. The Morgan fingerprint density at radius 2 is 2.05 bits per heavy atom. The van der Waals surface area contributed by atoms with Gasteiger partial charge < -0.3 is 10.1 Å². The van der Waals surface area contributed by atoms with Crippen molar-refractivity contribution < 1.29 is 13.9 Å². The molecular formula is C15H13FINO2. The maximum Gasteiger partial charge on any atom is 0.259 e.